The minimum Gasteiger partial charge on any atom is -0.0639 e. The second-order valence-electron chi connectivity index (χ2n) is 3.97. The first-order chi connectivity index (χ1) is 5.43. The van der Waals surface area contributed by atoms with Crippen LogP contribution in [0.15, 0.2) is 18.2 Å². The molecule has 0 aliphatic heterocycles. The summed E-state index contributed by atoms with van der Waals surface area (Å²) in [5, 5.41) is -0.226. The highest BCUT2D eigenvalue weighted by atomic mass is 14.2. The van der Waals surface area contributed by atoms with Gasteiger partial charge in [0.15, 0.2) is 0 Å². The van der Waals surface area contributed by atoms with Crippen LogP contribution in [0.2, 0.25) is 0 Å². The van der Waals surface area contributed by atoms with Gasteiger partial charge in [-0.05, 0) is 35.9 Å². The van der Waals surface area contributed by atoms with Gasteiger partial charge in [-0.1, -0.05) is 32.0 Å². The van der Waals surface area contributed by atoms with Crippen LogP contribution in [-0.2, 0) is 5.31 Å². The molecule has 0 saturated carbocycles. The van der Waals surface area contributed by atoms with Crippen molar-refractivity contribution < 1.29 is 0 Å². The van der Waals surface area contributed by atoms with E-state index in [2.05, 4.69) is 32.0 Å². The Morgan fingerprint density at radius 3 is 2.17 bits per heavy atom. The van der Waals surface area contributed by atoms with Crippen LogP contribution in [0.1, 0.15) is 30.5 Å². The van der Waals surface area contributed by atoms with Crippen LogP contribution < -0.4 is 0 Å². The Labute approximate surface area is 76.4 Å². The molecule has 1 rings (SSSR count). The van der Waals surface area contributed by atoms with Crippen LogP contribution in [0.3, 0.4) is 0 Å². The Kier molecular flexibility index (Phi) is 2.32. The summed E-state index contributed by atoms with van der Waals surface area (Å²) in [5.41, 5.74) is 3.86. The Morgan fingerprint density at radius 1 is 1.17 bits per heavy atom. The summed E-state index contributed by atoms with van der Waals surface area (Å²) in [4.78, 5) is 0. The summed E-state index contributed by atoms with van der Waals surface area (Å²) in [6.45, 7) is 8.31. The average Bonchev–Trinajstić information content (AvgIpc) is 1.92. The largest absolute Gasteiger partial charge is 0.0803 e. The van der Waals surface area contributed by atoms with Gasteiger partial charge in [-0.3, -0.25) is 0 Å². The topological polar surface area (TPSA) is 0 Å². The van der Waals surface area contributed by atoms with Gasteiger partial charge >= 0.3 is 0 Å². The van der Waals surface area contributed by atoms with E-state index < -0.39 is 0 Å². The molecule has 1 aromatic carbocycles. The van der Waals surface area contributed by atoms with E-state index in [1.165, 1.54) is 16.7 Å². The Bertz CT molecular complexity index is 282. The standard InChI is InChI=1S/C11H15B/c1-8-6-5-7-10(9(8)2)11(3,4)12/h5-7H,1-4H3. The van der Waals surface area contributed by atoms with Crippen molar-refractivity contribution in [2.75, 3.05) is 0 Å². The highest BCUT2D eigenvalue weighted by Crippen LogP contribution is 2.24. The minimum atomic E-state index is -0.226. The first kappa shape index (κ1) is 9.37. The van der Waals surface area contributed by atoms with E-state index in [9.17, 15) is 0 Å². The zero-order valence-electron chi connectivity index (χ0n) is 8.31. The monoisotopic (exact) mass is 158 g/mol. The number of hydrogen-bond acceptors (Lipinski definition) is 0. The summed E-state index contributed by atoms with van der Waals surface area (Å²) in [7, 11) is 6.03. The van der Waals surface area contributed by atoms with Gasteiger partial charge in [0.2, 0.25) is 0 Å². The molecule has 0 spiro atoms. The molecule has 2 radical (unpaired) electrons. The number of benzene rings is 1. The lowest BCUT2D eigenvalue weighted by Gasteiger charge is -2.23. The summed E-state index contributed by atoms with van der Waals surface area (Å²) in [6.07, 6.45) is 0. The quantitative estimate of drug-likeness (QED) is 0.551. The summed E-state index contributed by atoms with van der Waals surface area (Å²) in [5.74, 6) is 0. The normalized spacial score (nSPS) is 11.7. The van der Waals surface area contributed by atoms with E-state index in [0.29, 0.717) is 0 Å². The van der Waals surface area contributed by atoms with E-state index >= 15 is 0 Å². The maximum atomic E-state index is 6.03. The Hall–Kier alpha value is -0.715. The second kappa shape index (κ2) is 2.97. The molecule has 1 heteroatoms. The summed E-state index contributed by atoms with van der Waals surface area (Å²) >= 11 is 0. The molecule has 0 atom stereocenters. The van der Waals surface area contributed by atoms with Gasteiger partial charge in [-0.2, -0.15) is 0 Å². The third-order valence-corrected chi connectivity index (χ3v) is 2.30. The van der Waals surface area contributed by atoms with Crippen LogP contribution >= 0.6 is 0 Å². The van der Waals surface area contributed by atoms with Gasteiger partial charge in [0, 0.05) is 0 Å². The molecular weight excluding hydrogens is 143 g/mol. The van der Waals surface area contributed by atoms with Crippen LogP contribution in [0.5, 0.6) is 0 Å². The van der Waals surface area contributed by atoms with Crippen molar-refractivity contribution in [1.29, 1.82) is 0 Å². The van der Waals surface area contributed by atoms with E-state index in [1.807, 2.05) is 13.8 Å². The molecule has 12 heavy (non-hydrogen) atoms. The molecule has 1 aromatic rings. The first-order valence-electron chi connectivity index (χ1n) is 4.28. The Balaban J connectivity index is 3.26. The smallest absolute Gasteiger partial charge is 0.0639 e. The van der Waals surface area contributed by atoms with Crippen molar-refractivity contribution in [1.82, 2.24) is 0 Å². The number of aryl methyl sites for hydroxylation is 1. The third kappa shape index (κ3) is 1.71. The van der Waals surface area contributed by atoms with Crippen molar-refractivity contribution in [2.45, 2.75) is 33.0 Å². The lowest BCUT2D eigenvalue weighted by Crippen LogP contribution is -2.18. The van der Waals surface area contributed by atoms with Crippen LogP contribution in [0.25, 0.3) is 0 Å². The predicted octanol–water partition coefficient (Wildman–Crippen LogP) is 2.71. The van der Waals surface area contributed by atoms with Crippen LogP contribution in [-0.4, -0.2) is 7.85 Å². The summed E-state index contributed by atoms with van der Waals surface area (Å²) < 4.78 is 0. The van der Waals surface area contributed by atoms with Gasteiger partial charge in [-0.15, -0.1) is 0 Å². The van der Waals surface area contributed by atoms with Crippen molar-refractivity contribution >= 4 is 7.85 Å². The molecule has 62 valence electrons. The van der Waals surface area contributed by atoms with Crippen molar-refractivity contribution in [3.05, 3.63) is 34.9 Å². The molecular formula is C11H15B. The van der Waals surface area contributed by atoms with E-state index in [-0.39, 0.29) is 5.31 Å². The molecule has 0 fully saturated rings. The highest BCUT2D eigenvalue weighted by Gasteiger charge is 2.15. The SMILES string of the molecule is [B]C(C)(C)c1cccc(C)c1C. The van der Waals surface area contributed by atoms with Crippen molar-refractivity contribution in [2.24, 2.45) is 0 Å². The molecule has 0 aliphatic carbocycles. The number of rotatable bonds is 1. The van der Waals surface area contributed by atoms with Crippen molar-refractivity contribution in [3.8, 4) is 0 Å². The van der Waals surface area contributed by atoms with Crippen molar-refractivity contribution in [3.63, 3.8) is 0 Å². The first-order valence-corrected chi connectivity index (χ1v) is 4.28. The zero-order chi connectivity index (χ0) is 9.35. The van der Waals surface area contributed by atoms with Gasteiger partial charge in [-0.25, -0.2) is 0 Å². The maximum absolute atomic E-state index is 6.03. The highest BCUT2D eigenvalue weighted by molar-refractivity contribution is 6.15. The van der Waals surface area contributed by atoms with Crippen LogP contribution in [0.4, 0.5) is 0 Å². The molecule has 0 saturated heterocycles. The van der Waals surface area contributed by atoms with E-state index in [0.717, 1.165) is 0 Å². The Morgan fingerprint density at radius 2 is 1.75 bits per heavy atom. The minimum absolute atomic E-state index is 0.226. The molecule has 0 N–H and O–H groups in total. The maximum Gasteiger partial charge on any atom is 0.0803 e. The fraction of sp³-hybridized carbons (Fsp3) is 0.455. The number of hydrogen-bond donors (Lipinski definition) is 0. The van der Waals surface area contributed by atoms with Gasteiger partial charge in [0.05, 0.1) is 7.85 Å². The molecule has 0 aromatic heterocycles. The van der Waals surface area contributed by atoms with E-state index in [1.54, 1.807) is 0 Å². The average molecular weight is 158 g/mol. The fourth-order valence-electron chi connectivity index (χ4n) is 1.45. The summed E-state index contributed by atoms with van der Waals surface area (Å²) in [6, 6.07) is 6.28. The fourth-order valence-corrected chi connectivity index (χ4v) is 1.45. The van der Waals surface area contributed by atoms with Gasteiger partial charge < -0.3 is 0 Å². The van der Waals surface area contributed by atoms with Crippen LogP contribution in [0, 0.1) is 13.8 Å². The molecule has 0 heterocycles. The second-order valence-corrected chi connectivity index (χ2v) is 3.97. The lowest BCUT2D eigenvalue weighted by molar-refractivity contribution is 0.755. The molecule has 0 amide bonds. The molecule has 0 bridgehead atoms. The lowest BCUT2D eigenvalue weighted by atomic mass is 9.66. The molecule has 0 aliphatic rings. The third-order valence-electron chi connectivity index (χ3n) is 2.30. The predicted molar refractivity (Wildman–Crippen MR) is 54.7 cm³/mol. The zero-order valence-corrected chi connectivity index (χ0v) is 8.31. The van der Waals surface area contributed by atoms with E-state index in [4.69, 9.17) is 7.85 Å². The molecule has 0 unspecified atom stereocenters. The van der Waals surface area contributed by atoms with Gasteiger partial charge in [0.25, 0.3) is 0 Å². The molecule has 0 nitrogen and oxygen atoms in total. The van der Waals surface area contributed by atoms with Gasteiger partial charge in [0.1, 0.15) is 0 Å².